The maximum absolute atomic E-state index is 12.0. The van der Waals surface area contributed by atoms with Crippen LogP contribution < -0.4 is 10.6 Å². The number of ether oxygens (including phenoxy) is 1. The van der Waals surface area contributed by atoms with Gasteiger partial charge < -0.3 is 20.3 Å². The van der Waals surface area contributed by atoms with Crippen LogP contribution in [0.15, 0.2) is 6.20 Å². The fourth-order valence-corrected chi connectivity index (χ4v) is 2.26. The Hall–Kier alpha value is -1.92. The van der Waals surface area contributed by atoms with Crippen molar-refractivity contribution in [1.29, 1.82) is 0 Å². The van der Waals surface area contributed by atoms with Crippen LogP contribution in [0.4, 0.5) is 16.3 Å². The number of anilines is 2. The van der Waals surface area contributed by atoms with E-state index in [-0.39, 0.29) is 6.09 Å². The highest BCUT2D eigenvalue weighted by Gasteiger charge is 2.27. The van der Waals surface area contributed by atoms with E-state index in [0.717, 1.165) is 18.9 Å². The SMILES string of the molecule is Cn1ncc(N)c1N1CCN(C(=O)OC(C)(C)C)CC1. The van der Waals surface area contributed by atoms with Gasteiger partial charge in [0.15, 0.2) is 0 Å². The van der Waals surface area contributed by atoms with Crippen molar-refractivity contribution in [3.05, 3.63) is 6.20 Å². The van der Waals surface area contributed by atoms with Gasteiger partial charge in [-0.1, -0.05) is 0 Å². The van der Waals surface area contributed by atoms with Gasteiger partial charge in [0.2, 0.25) is 0 Å². The van der Waals surface area contributed by atoms with Gasteiger partial charge in [-0.25, -0.2) is 4.79 Å². The minimum atomic E-state index is -0.458. The average Bonchev–Trinajstić information content (AvgIpc) is 2.67. The molecule has 2 rings (SSSR count). The van der Waals surface area contributed by atoms with Gasteiger partial charge in [-0.15, -0.1) is 0 Å². The summed E-state index contributed by atoms with van der Waals surface area (Å²) in [5, 5.41) is 4.14. The highest BCUT2D eigenvalue weighted by Crippen LogP contribution is 2.23. The van der Waals surface area contributed by atoms with Crippen LogP contribution in [0, 0.1) is 0 Å². The second kappa shape index (κ2) is 5.22. The molecule has 20 heavy (non-hydrogen) atoms. The zero-order chi connectivity index (χ0) is 14.9. The summed E-state index contributed by atoms with van der Waals surface area (Å²) < 4.78 is 7.14. The van der Waals surface area contributed by atoms with Gasteiger partial charge in [0.25, 0.3) is 0 Å². The standard InChI is InChI=1S/C13H23N5O2/c1-13(2,3)20-12(19)18-7-5-17(6-8-18)11-10(14)9-15-16(11)4/h9H,5-8,14H2,1-4H3. The van der Waals surface area contributed by atoms with Crippen molar-refractivity contribution in [2.24, 2.45) is 7.05 Å². The first-order valence-electron chi connectivity index (χ1n) is 6.78. The van der Waals surface area contributed by atoms with Crippen LogP contribution in [0.25, 0.3) is 0 Å². The van der Waals surface area contributed by atoms with Crippen LogP contribution in [0.5, 0.6) is 0 Å². The molecule has 7 heteroatoms. The predicted octanol–water partition coefficient (Wildman–Crippen LogP) is 1.06. The molecule has 0 spiro atoms. The van der Waals surface area contributed by atoms with Gasteiger partial charge >= 0.3 is 6.09 Å². The molecule has 0 aromatic carbocycles. The first-order chi connectivity index (χ1) is 9.28. The van der Waals surface area contributed by atoms with Crippen LogP contribution in [-0.4, -0.2) is 52.6 Å². The average molecular weight is 281 g/mol. The van der Waals surface area contributed by atoms with Crippen molar-refractivity contribution in [1.82, 2.24) is 14.7 Å². The number of hydrogen-bond acceptors (Lipinski definition) is 5. The third-order valence-corrected chi connectivity index (χ3v) is 3.17. The maximum atomic E-state index is 12.0. The summed E-state index contributed by atoms with van der Waals surface area (Å²) >= 11 is 0. The topological polar surface area (TPSA) is 76.6 Å². The largest absolute Gasteiger partial charge is 0.444 e. The zero-order valence-corrected chi connectivity index (χ0v) is 12.6. The first kappa shape index (κ1) is 14.5. The number of carbonyl (C=O) groups excluding carboxylic acids is 1. The monoisotopic (exact) mass is 281 g/mol. The molecule has 0 radical (unpaired) electrons. The van der Waals surface area contributed by atoms with E-state index in [2.05, 4.69) is 10.00 Å². The zero-order valence-electron chi connectivity index (χ0n) is 12.6. The summed E-state index contributed by atoms with van der Waals surface area (Å²) in [5.41, 5.74) is 6.13. The molecule has 1 aliphatic rings. The number of rotatable bonds is 1. The first-order valence-corrected chi connectivity index (χ1v) is 6.78. The van der Waals surface area contributed by atoms with Crippen LogP contribution in [0.1, 0.15) is 20.8 Å². The van der Waals surface area contributed by atoms with Gasteiger partial charge in [0.1, 0.15) is 11.4 Å². The molecule has 7 nitrogen and oxygen atoms in total. The van der Waals surface area contributed by atoms with Crippen molar-refractivity contribution in [2.75, 3.05) is 36.8 Å². The van der Waals surface area contributed by atoms with E-state index in [1.807, 2.05) is 27.8 Å². The molecule has 0 unspecified atom stereocenters. The van der Waals surface area contributed by atoms with E-state index in [4.69, 9.17) is 10.5 Å². The van der Waals surface area contributed by atoms with Crippen molar-refractivity contribution in [3.63, 3.8) is 0 Å². The van der Waals surface area contributed by atoms with Gasteiger partial charge in [-0.05, 0) is 20.8 Å². The Morgan fingerprint density at radius 3 is 2.35 bits per heavy atom. The van der Waals surface area contributed by atoms with Crippen LogP contribution in [0.3, 0.4) is 0 Å². The molecular weight excluding hydrogens is 258 g/mol. The number of carbonyl (C=O) groups is 1. The van der Waals surface area contributed by atoms with E-state index in [9.17, 15) is 4.79 Å². The summed E-state index contributed by atoms with van der Waals surface area (Å²) in [6.07, 6.45) is 1.39. The fraction of sp³-hybridized carbons (Fsp3) is 0.692. The number of amides is 1. The summed E-state index contributed by atoms with van der Waals surface area (Å²) in [7, 11) is 1.87. The second-order valence-electron chi connectivity index (χ2n) is 6.00. The molecule has 1 fully saturated rings. The molecule has 0 atom stereocenters. The number of nitrogens with two attached hydrogens (primary N) is 1. The lowest BCUT2D eigenvalue weighted by Gasteiger charge is -2.36. The smallest absolute Gasteiger partial charge is 0.410 e. The molecule has 1 amide bonds. The lowest BCUT2D eigenvalue weighted by molar-refractivity contribution is 0.0240. The lowest BCUT2D eigenvalue weighted by atomic mass is 10.2. The highest BCUT2D eigenvalue weighted by atomic mass is 16.6. The van der Waals surface area contributed by atoms with Gasteiger partial charge in [0.05, 0.1) is 11.9 Å². The molecule has 1 aliphatic heterocycles. The summed E-state index contributed by atoms with van der Waals surface area (Å²) in [4.78, 5) is 15.9. The minimum Gasteiger partial charge on any atom is -0.444 e. The number of aryl methyl sites for hydroxylation is 1. The number of piperazine rings is 1. The highest BCUT2D eigenvalue weighted by molar-refractivity contribution is 5.69. The van der Waals surface area contributed by atoms with Crippen molar-refractivity contribution >= 4 is 17.6 Å². The third kappa shape index (κ3) is 3.15. The number of hydrogen-bond donors (Lipinski definition) is 1. The van der Waals surface area contributed by atoms with Crippen LogP contribution in [0.2, 0.25) is 0 Å². The molecule has 2 N–H and O–H groups in total. The maximum Gasteiger partial charge on any atom is 0.410 e. The Labute approximate surface area is 119 Å². The van der Waals surface area contributed by atoms with Crippen molar-refractivity contribution in [2.45, 2.75) is 26.4 Å². The van der Waals surface area contributed by atoms with E-state index >= 15 is 0 Å². The van der Waals surface area contributed by atoms with Crippen LogP contribution >= 0.6 is 0 Å². The molecule has 1 aromatic rings. The summed E-state index contributed by atoms with van der Waals surface area (Å²) in [6.45, 7) is 8.32. The molecule has 1 saturated heterocycles. The van der Waals surface area contributed by atoms with Gasteiger partial charge in [-0.2, -0.15) is 5.10 Å². The molecule has 0 saturated carbocycles. The normalized spacial score (nSPS) is 16.4. The fourth-order valence-electron chi connectivity index (χ4n) is 2.26. The van der Waals surface area contributed by atoms with E-state index in [0.29, 0.717) is 18.8 Å². The molecule has 0 bridgehead atoms. The summed E-state index contributed by atoms with van der Waals surface area (Å²) in [5.74, 6) is 0.911. The number of aromatic nitrogens is 2. The van der Waals surface area contributed by atoms with Crippen molar-refractivity contribution in [3.8, 4) is 0 Å². The number of nitrogens with zero attached hydrogens (tertiary/aromatic N) is 4. The van der Waals surface area contributed by atoms with E-state index in [1.54, 1.807) is 15.8 Å². The van der Waals surface area contributed by atoms with Crippen LogP contribution in [-0.2, 0) is 11.8 Å². The van der Waals surface area contributed by atoms with Gasteiger partial charge in [-0.3, -0.25) is 4.68 Å². The lowest BCUT2D eigenvalue weighted by Crippen LogP contribution is -2.50. The number of nitrogen functional groups attached to an aromatic ring is 1. The van der Waals surface area contributed by atoms with E-state index in [1.165, 1.54) is 0 Å². The quantitative estimate of drug-likeness (QED) is 0.833. The molecule has 112 valence electrons. The predicted molar refractivity (Wildman–Crippen MR) is 77.6 cm³/mol. The second-order valence-corrected chi connectivity index (χ2v) is 6.00. The Bertz CT molecular complexity index is 464. The molecule has 2 heterocycles. The van der Waals surface area contributed by atoms with Crippen molar-refractivity contribution < 1.29 is 9.53 Å². The Morgan fingerprint density at radius 1 is 1.30 bits per heavy atom. The summed E-state index contributed by atoms with van der Waals surface area (Å²) in [6, 6.07) is 0. The minimum absolute atomic E-state index is 0.255. The Morgan fingerprint density at radius 2 is 1.90 bits per heavy atom. The molecule has 1 aromatic heterocycles. The molecule has 0 aliphatic carbocycles. The van der Waals surface area contributed by atoms with Gasteiger partial charge in [0, 0.05) is 33.2 Å². The Balaban J connectivity index is 1.94. The third-order valence-electron chi connectivity index (χ3n) is 3.17. The molecular formula is C13H23N5O2. The Kier molecular flexibility index (Phi) is 3.78. The van der Waals surface area contributed by atoms with E-state index < -0.39 is 5.60 Å².